The topological polar surface area (TPSA) is 49.8 Å². The highest BCUT2D eigenvalue weighted by molar-refractivity contribution is 5.74. The van der Waals surface area contributed by atoms with Crippen LogP contribution in [0.25, 0.3) is 0 Å². The van der Waals surface area contributed by atoms with Gasteiger partial charge in [0.15, 0.2) is 0 Å². The van der Waals surface area contributed by atoms with Crippen LogP contribution in [-0.4, -0.2) is 41.8 Å². The Balaban J connectivity index is 2.08. The van der Waals surface area contributed by atoms with Crippen molar-refractivity contribution in [2.45, 2.75) is 32.0 Å². The Kier molecular flexibility index (Phi) is 4.56. The van der Waals surface area contributed by atoms with E-state index >= 15 is 0 Å². The zero-order valence-electron chi connectivity index (χ0n) is 11.5. The average molecular weight is 263 g/mol. The number of methoxy groups -OCH3 is 1. The first-order valence-corrected chi connectivity index (χ1v) is 6.67. The zero-order valence-corrected chi connectivity index (χ0v) is 11.5. The predicted octanol–water partition coefficient (Wildman–Crippen LogP) is 1.43. The molecule has 1 aromatic carbocycles. The number of aliphatic hydroxyl groups is 1. The first-order valence-electron chi connectivity index (χ1n) is 6.67. The molecule has 0 amide bonds. The highest BCUT2D eigenvalue weighted by Gasteiger charge is 2.39. The number of ether oxygens (including phenoxy) is 1. The Hall–Kier alpha value is -1.39. The highest BCUT2D eigenvalue weighted by atomic mass is 16.5. The minimum absolute atomic E-state index is 0.0172. The summed E-state index contributed by atoms with van der Waals surface area (Å²) < 4.78 is 4.80. The summed E-state index contributed by atoms with van der Waals surface area (Å²) in [6, 6.07) is 10.1. The van der Waals surface area contributed by atoms with Crippen LogP contribution in [0.2, 0.25) is 0 Å². The van der Waals surface area contributed by atoms with Gasteiger partial charge in [0.2, 0.25) is 0 Å². The van der Waals surface area contributed by atoms with E-state index < -0.39 is 12.0 Å². The van der Waals surface area contributed by atoms with Gasteiger partial charge in [-0.1, -0.05) is 30.3 Å². The third-order valence-electron chi connectivity index (χ3n) is 3.92. The van der Waals surface area contributed by atoms with Gasteiger partial charge < -0.3 is 9.84 Å². The SMILES string of the molecule is COC(=O)[C@H]1[C@@H](O)CCN(Cc2ccccc2)[C@H]1C. The molecule has 0 radical (unpaired) electrons. The van der Waals surface area contributed by atoms with Gasteiger partial charge in [0.25, 0.3) is 0 Å². The minimum atomic E-state index is -0.602. The predicted molar refractivity (Wildman–Crippen MR) is 72.4 cm³/mol. The molecule has 104 valence electrons. The van der Waals surface area contributed by atoms with Crippen LogP contribution in [0.4, 0.5) is 0 Å². The standard InChI is InChI=1S/C15H21NO3/c1-11-14(15(18)19-2)13(17)8-9-16(11)10-12-6-4-3-5-7-12/h3-7,11,13-14,17H,8-10H2,1-2H3/t11-,13-,14+/m0/s1. The van der Waals surface area contributed by atoms with Crippen molar-refractivity contribution >= 4 is 5.97 Å². The third kappa shape index (κ3) is 3.14. The molecule has 1 N–H and O–H groups in total. The van der Waals surface area contributed by atoms with E-state index in [9.17, 15) is 9.90 Å². The molecule has 1 heterocycles. The van der Waals surface area contributed by atoms with Crippen LogP contribution in [0, 0.1) is 5.92 Å². The zero-order chi connectivity index (χ0) is 13.8. The molecule has 1 aliphatic heterocycles. The largest absolute Gasteiger partial charge is 0.469 e. The maximum Gasteiger partial charge on any atom is 0.312 e. The first-order chi connectivity index (χ1) is 9.13. The second kappa shape index (κ2) is 6.17. The molecular weight excluding hydrogens is 242 g/mol. The van der Waals surface area contributed by atoms with Crippen molar-refractivity contribution in [3.8, 4) is 0 Å². The normalized spacial score (nSPS) is 28.1. The second-order valence-electron chi connectivity index (χ2n) is 5.10. The van der Waals surface area contributed by atoms with Crippen molar-refractivity contribution in [3.05, 3.63) is 35.9 Å². The minimum Gasteiger partial charge on any atom is -0.469 e. The quantitative estimate of drug-likeness (QED) is 0.838. The fraction of sp³-hybridized carbons (Fsp3) is 0.533. The van der Waals surface area contributed by atoms with E-state index in [-0.39, 0.29) is 12.0 Å². The fourth-order valence-corrected chi connectivity index (χ4v) is 2.76. The van der Waals surface area contributed by atoms with E-state index in [1.807, 2.05) is 25.1 Å². The van der Waals surface area contributed by atoms with Gasteiger partial charge in [0, 0.05) is 19.1 Å². The lowest BCUT2D eigenvalue weighted by molar-refractivity contribution is -0.156. The van der Waals surface area contributed by atoms with E-state index in [0.29, 0.717) is 6.42 Å². The van der Waals surface area contributed by atoms with Crippen LogP contribution in [0.1, 0.15) is 18.9 Å². The Morgan fingerprint density at radius 2 is 2.11 bits per heavy atom. The number of likely N-dealkylation sites (tertiary alicyclic amines) is 1. The molecule has 2 rings (SSSR count). The number of carbonyl (C=O) groups excluding carboxylic acids is 1. The van der Waals surface area contributed by atoms with Gasteiger partial charge in [0.1, 0.15) is 0 Å². The van der Waals surface area contributed by atoms with E-state index in [1.165, 1.54) is 12.7 Å². The molecule has 1 aromatic rings. The molecule has 0 saturated carbocycles. The van der Waals surface area contributed by atoms with E-state index in [2.05, 4.69) is 17.0 Å². The number of hydrogen-bond acceptors (Lipinski definition) is 4. The smallest absolute Gasteiger partial charge is 0.312 e. The molecule has 4 heteroatoms. The van der Waals surface area contributed by atoms with Crippen molar-refractivity contribution in [2.75, 3.05) is 13.7 Å². The Bertz CT molecular complexity index is 421. The monoisotopic (exact) mass is 263 g/mol. The summed E-state index contributed by atoms with van der Waals surface area (Å²) in [6.07, 6.45) is 0.00574. The van der Waals surface area contributed by atoms with Gasteiger partial charge in [-0.2, -0.15) is 0 Å². The van der Waals surface area contributed by atoms with Crippen molar-refractivity contribution in [1.82, 2.24) is 4.90 Å². The lowest BCUT2D eigenvalue weighted by atomic mass is 9.87. The Morgan fingerprint density at radius 3 is 2.74 bits per heavy atom. The molecule has 0 spiro atoms. The van der Waals surface area contributed by atoms with Crippen molar-refractivity contribution in [3.63, 3.8) is 0 Å². The molecule has 1 saturated heterocycles. The van der Waals surface area contributed by atoms with Crippen molar-refractivity contribution in [1.29, 1.82) is 0 Å². The van der Waals surface area contributed by atoms with Crippen LogP contribution in [0.3, 0.4) is 0 Å². The molecule has 0 aliphatic carbocycles. The number of piperidine rings is 1. The van der Waals surface area contributed by atoms with Gasteiger partial charge >= 0.3 is 5.97 Å². The molecule has 4 nitrogen and oxygen atoms in total. The molecule has 1 fully saturated rings. The number of esters is 1. The summed E-state index contributed by atoms with van der Waals surface area (Å²) in [4.78, 5) is 14.0. The number of hydrogen-bond donors (Lipinski definition) is 1. The lowest BCUT2D eigenvalue weighted by Gasteiger charge is -2.40. The summed E-state index contributed by atoms with van der Waals surface area (Å²) in [7, 11) is 1.37. The number of aliphatic hydroxyl groups excluding tert-OH is 1. The summed E-state index contributed by atoms with van der Waals surface area (Å²) in [5.74, 6) is -0.778. The third-order valence-corrected chi connectivity index (χ3v) is 3.92. The number of nitrogens with zero attached hydrogens (tertiary/aromatic N) is 1. The van der Waals surface area contributed by atoms with E-state index in [0.717, 1.165) is 13.1 Å². The maximum atomic E-state index is 11.8. The molecule has 1 aliphatic rings. The summed E-state index contributed by atoms with van der Waals surface area (Å²) >= 11 is 0. The lowest BCUT2D eigenvalue weighted by Crippen LogP contribution is -2.52. The van der Waals surface area contributed by atoms with E-state index in [4.69, 9.17) is 4.74 Å². The summed E-state index contributed by atoms with van der Waals surface area (Å²) in [5.41, 5.74) is 1.22. The molecule has 3 atom stereocenters. The molecule has 0 bridgehead atoms. The van der Waals surface area contributed by atoms with Crippen LogP contribution in [0.5, 0.6) is 0 Å². The molecule has 19 heavy (non-hydrogen) atoms. The number of carbonyl (C=O) groups is 1. The van der Waals surface area contributed by atoms with Crippen LogP contribution >= 0.6 is 0 Å². The number of benzene rings is 1. The van der Waals surface area contributed by atoms with Crippen LogP contribution < -0.4 is 0 Å². The van der Waals surface area contributed by atoms with Crippen LogP contribution in [0.15, 0.2) is 30.3 Å². The first kappa shape index (κ1) is 14.0. The van der Waals surface area contributed by atoms with E-state index in [1.54, 1.807) is 0 Å². The number of rotatable bonds is 3. The van der Waals surface area contributed by atoms with Gasteiger partial charge in [-0.15, -0.1) is 0 Å². The van der Waals surface area contributed by atoms with Crippen molar-refractivity contribution in [2.24, 2.45) is 5.92 Å². The van der Waals surface area contributed by atoms with Crippen molar-refractivity contribution < 1.29 is 14.6 Å². The second-order valence-corrected chi connectivity index (χ2v) is 5.10. The average Bonchev–Trinajstić information content (AvgIpc) is 2.43. The maximum absolute atomic E-state index is 11.8. The summed E-state index contributed by atoms with van der Waals surface area (Å²) in [5, 5.41) is 10.00. The Labute approximate surface area is 114 Å². The molecule has 0 unspecified atom stereocenters. The van der Waals surface area contributed by atoms with Gasteiger partial charge in [-0.3, -0.25) is 9.69 Å². The van der Waals surface area contributed by atoms with Gasteiger partial charge in [-0.25, -0.2) is 0 Å². The van der Waals surface area contributed by atoms with Gasteiger partial charge in [0.05, 0.1) is 19.1 Å². The molecular formula is C15H21NO3. The Morgan fingerprint density at radius 1 is 1.42 bits per heavy atom. The summed E-state index contributed by atoms with van der Waals surface area (Å²) in [6.45, 7) is 3.57. The highest BCUT2D eigenvalue weighted by Crippen LogP contribution is 2.26. The van der Waals surface area contributed by atoms with Gasteiger partial charge in [-0.05, 0) is 18.9 Å². The van der Waals surface area contributed by atoms with Crippen LogP contribution in [-0.2, 0) is 16.1 Å². The fourth-order valence-electron chi connectivity index (χ4n) is 2.76. The molecule has 0 aromatic heterocycles.